The fourth-order valence-corrected chi connectivity index (χ4v) is 1.66. The first-order valence-electron chi connectivity index (χ1n) is 6.29. The quantitative estimate of drug-likeness (QED) is 0.634. The molecule has 0 unspecified atom stereocenters. The fraction of sp³-hybridized carbons (Fsp3) is 0.889. The first-order chi connectivity index (χ1) is 7.27. The molecule has 0 saturated carbocycles. The molecular weight excluding hydrogens is 188 g/mol. The molecule has 13 heavy (non-hydrogen) atoms. The molecule has 2 aliphatic heterocycles. The van der Waals surface area contributed by atoms with Crippen LogP contribution in [0.25, 0.3) is 0 Å². The first-order valence-corrected chi connectivity index (χ1v) is 4.29. The fourth-order valence-electron chi connectivity index (χ4n) is 1.66. The number of nitrogens with zero attached hydrogens (tertiary/aromatic N) is 1. The van der Waals surface area contributed by atoms with Gasteiger partial charge in [0.05, 0.1) is 5.48 Å². The second kappa shape index (κ2) is 3.84. The molecule has 2 saturated heterocycles. The Hall–Kier alpha value is -0.280. The Morgan fingerprint density at radius 3 is 2.46 bits per heavy atom. The highest BCUT2D eigenvalue weighted by Gasteiger charge is 2.44. The maximum Gasteiger partial charge on any atom is 0.219 e. The van der Waals surface area contributed by atoms with E-state index in [4.69, 9.17) is 5.48 Å². The molecule has 0 aromatic carbocycles. The average molecular weight is 209 g/mol. The number of hydrogen-bond acceptors (Lipinski definition) is 2. The lowest BCUT2D eigenvalue weighted by Gasteiger charge is -2.52. The molecule has 0 aliphatic carbocycles. The van der Waals surface area contributed by atoms with Gasteiger partial charge in [-0.3, -0.25) is 4.79 Å². The monoisotopic (exact) mass is 208 g/mol. The van der Waals surface area contributed by atoms with Crippen LogP contribution in [0.1, 0.15) is 25.2 Å². The molecular formula is C9H17ClN2O. The zero-order valence-electron chi connectivity index (χ0n) is 11.6. The van der Waals surface area contributed by atoms with Crippen LogP contribution in [0.15, 0.2) is 0 Å². The van der Waals surface area contributed by atoms with Crippen LogP contribution in [0, 0.1) is 5.41 Å². The van der Waals surface area contributed by atoms with Crippen molar-refractivity contribution in [1.82, 2.24) is 10.2 Å². The van der Waals surface area contributed by atoms with Crippen LogP contribution >= 0.6 is 12.4 Å². The van der Waals surface area contributed by atoms with E-state index in [-0.39, 0.29) is 12.4 Å². The van der Waals surface area contributed by atoms with Crippen LogP contribution < -0.4 is 5.32 Å². The minimum absolute atomic E-state index is 0. The third kappa shape index (κ3) is 1.97. The summed E-state index contributed by atoms with van der Waals surface area (Å²) in [6, 6.07) is 0. The summed E-state index contributed by atoms with van der Waals surface area (Å²) in [6.45, 7) is -1.33. The smallest absolute Gasteiger partial charge is 0.219 e. The zero-order valence-corrected chi connectivity index (χ0v) is 8.41. The SMILES string of the molecule is Cl.[2H]C1([2H])N(C(C)=O)C([2H])([2H])C12CCNCC2. The van der Waals surface area contributed by atoms with Gasteiger partial charge in [-0.25, -0.2) is 0 Å². The standard InChI is InChI=1S/C9H16N2O.ClH/c1-8(12)11-6-9(7-11)2-4-10-5-3-9;/h10H,2-7H2,1H3;1H/i6D2,7D2;. The molecule has 1 spiro atoms. The number of carbonyl (C=O) groups is 1. The van der Waals surface area contributed by atoms with Crippen LogP contribution in [-0.4, -0.2) is 36.9 Å². The van der Waals surface area contributed by atoms with Gasteiger partial charge in [0, 0.05) is 25.3 Å². The number of halogens is 1. The molecule has 0 atom stereocenters. The largest absolute Gasteiger partial charge is 0.342 e. The van der Waals surface area contributed by atoms with Gasteiger partial charge in [0.1, 0.15) is 0 Å². The predicted molar refractivity (Wildman–Crippen MR) is 54.0 cm³/mol. The predicted octanol–water partition coefficient (Wildman–Crippen LogP) is 0.640. The van der Waals surface area contributed by atoms with Crippen molar-refractivity contribution in [3.63, 3.8) is 0 Å². The number of carbonyl (C=O) groups excluding carboxylic acids is 1. The van der Waals surface area contributed by atoms with Gasteiger partial charge in [-0.05, 0) is 25.9 Å². The Labute approximate surface area is 90.9 Å². The van der Waals surface area contributed by atoms with E-state index >= 15 is 0 Å². The van der Waals surface area contributed by atoms with E-state index in [1.54, 1.807) is 0 Å². The molecule has 1 amide bonds. The Kier molecular flexibility index (Phi) is 1.85. The van der Waals surface area contributed by atoms with Crippen molar-refractivity contribution in [2.45, 2.75) is 19.8 Å². The molecule has 2 fully saturated rings. The second-order valence-corrected chi connectivity index (χ2v) is 3.41. The number of amides is 1. The number of hydrogen-bond donors (Lipinski definition) is 1. The number of nitrogens with one attached hydrogen (secondary N) is 1. The Bertz CT molecular complexity index is 313. The number of rotatable bonds is 0. The summed E-state index contributed by atoms with van der Waals surface area (Å²) in [4.78, 5) is 12.1. The van der Waals surface area contributed by atoms with Crippen LogP contribution in [0.4, 0.5) is 0 Å². The van der Waals surface area contributed by atoms with Gasteiger partial charge >= 0.3 is 0 Å². The van der Waals surface area contributed by atoms with Crippen molar-refractivity contribution in [3.8, 4) is 0 Å². The molecule has 3 nitrogen and oxygen atoms in total. The normalized spacial score (nSPS) is 37.2. The van der Waals surface area contributed by atoms with Crippen LogP contribution in [-0.2, 0) is 4.79 Å². The molecule has 1 N–H and O–H groups in total. The average Bonchev–Trinajstić information content (AvgIpc) is 2.16. The maximum atomic E-state index is 11.3. The number of piperidine rings is 1. The van der Waals surface area contributed by atoms with Gasteiger partial charge in [0.15, 0.2) is 0 Å². The van der Waals surface area contributed by atoms with Crippen LogP contribution in [0.2, 0.25) is 0 Å². The van der Waals surface area contributed by atoms with Crippen molar-refractivity contribution < 1.29 is 10.3 Å². The van der Waals surface area contributed by atoms with E-state index in [0.29, 0.717) is 25.9 Å². The Morgan fingerprint density at radius 2 is 2.00 bits per heavy atom. The Morgan fingerprint density at radius 1 is 1.46 bits per heavy atom. The van der Waals surface area contributed by atoms with Gasteiger partial charge in [0.25, 0.3) is 0 Å². The van der Waals surface area contributed by atoms with Crippen molar-refractivity contribution in [1.29, 1.82) is 0 Å². The molecule has 2 aliphatic rings. The van der Waals surface area contributed by atoms with Crippen molar-refractivity contribution in [2.24, 2.45) is 5.41 Å². The van der Waals surface area contributed by atoms with E-state index < -0.39 is 24.3 Å². The molecule has 4 heteroatoms. The third-order valence-electron chi connectivity index (χ3n) is 2.42. The van der Waals surface area contributed by atoms with E-state index in [0.717, 1.165) is 4.90 Å². The molecule has 0 aromatic heterocycles. The van der Waals surface area contributed by atoms with Crippen LogP contribution in [0.5, 0.6) is 0 Å². The minimum atomic E-state index is -1.87. The highest BCUT2D eigenvalue weighted by Crippen LogP contribution is 2.38. The molecule has 2 heterocycles. The lowest BCUT2D eigenvalue weighted by Crippen LogP contribution is -2.61. The highest BCUT2D eigenvalue weighted by atomic mass is 35.5. The van der Waals surface area contributed by atoms with Crippen molar-refractivity contribution >= 4 is 18.3 Å². The van der Waals surface area contributed by atoms with Crippen LogP contribution in [0.3, 0.4) is 0 Å². The summed E-state index contributed by atoms with van der Waals surface area (Å²) in [7, 11) is 0. The van der Waals surface area contributed by atoms with E-state index in [1.165, 1.54) is 6.92 Å². The molecule has 0 radical (unpaired) electrons. The minimum Gasteiger partial charge on any atom is -0.342 e. The third-order valence-corrected chi connectivity index (χ3v) is 2.42. The van der Waals surface area contributed by atoms with Gasteiger partial charge < -0.3 is 10.2 Å². The summed E-state index contributed by atoms with van der Waals surface area (Å²) in [5, 5.41) is 3.09. The van der Waals surface area contributed by atoms with Crippen molar-refractivity contribution in [2.75, 3.05) is 26.1 Å². The van der Waals surface area contributed by atoms with Gasteiger partial charge in [-0.2, -0.15) is 0 Å². The number of likely N-dealkylation sites (tertiary alicyclic amines) is 1. The van der Waals surface area contributed by atoms with E-state index in [1.807, 2.05) is 0 Å². The van der Waals surface area contributed by atoms with E-state index in [2.05, 4.69) is 5.32 Å². The molecule has 2 rings (SSSR count). The summed E-state index contributed by atoms with van der Waals surface area (Å²) in [5.41, 5.74) is -1.04. The molecule has 0 bridgehead atoms. The summed E-state index contributed by atoms with van der Waals surface area (Å²) in [6.07, 6.45) is 0.855. The lowest BCUT2D eigenvalue weighted by molar-refractivity contribution is -0.142. The Balaban J connectivity index is 0.00000144. The summed E-state index contributed by atoms with van der Waals surface area (Å²) < 4.78 is 31.8. The topological polar surface area (TPSA) is 32.3 Å². The maximum absolute atomic E-state index is 11.3. The first kappa shape index (κ1) is 6.25. The zero-order chi connectivity index (χ0) is 12.2. The molecule has 76 valence electrons. The second-order valence-electron chi connectivity index (χ2n) is 3.41. The molecule has 0 aromatic rings. The van der Waals surface area contributed by atoms with Gasteiger partial charge in [0.2, 0.25) is 5.91 Å². The summed E-state index contributed by atoms with van der Waals surface area (Å²) >= 11 is 0. The van der Waals surface area contributed by atoms with Gasteiger partial charge in [-0.15, -0.1) is 12.4 Å². The van der Waals surface area contributed by atoms with Crippen molar-refractivity contribution in [3.05, 3.63) is 0 Å². The highest BCUT2D eigenvalue weighted by molar-refractivity contribution is 5.85. The lowest BCUT2D eigenvalue weighted by atomic mass is 9.72. The van der Waals surface area contributed by atoms with Gasteiger partial charge in [-0.1, -0.05) is 0 Å². The van der Waals surface area contributed by atoms with E-state index in [9.17, 15) is 4.79 Å². The summed E-state index contributed by atoms with van der Waals surface area (Å²) in [5.74, 6) is -0.542.